The highest BCUT2D eigenvalue weighted by molar-refractivity contribution is 7.52. The molecule has 6 aliphatic rings. The Morgan fingerprint density at radius 3 is 2.38 bits per heavy atom. The molecule has 0 radical (unpaired) electrons. The molecule has 3 aromatic rings. The van der Waals surface area contributed by atoms with Gasteiger partial charge in [0.2, 0.25) is 41.4 Å². The third-order valence-electron chi connectivity index (χ3n) is 17.1. The Morgan fingerprint density at radius 2 is 1.66 bits per heavy atom. The number of nitrogens with two attached hydrogens (primary N) is 1. The minimum absolute atomic E-state index is 0.0417. The Labute approximate surface area is 477 Å². The number of imide groups is 1. The van der Waals surface area contributed by atoms with Crippen molar-refractivity contribution in [2.24, 2.45) is 17.6 Å². The van der Waals surface area contributed by atoms with Gasteiger partial charge in [-0.2, -0.15) is 8.78 Å². The molecule has 8 N–H and O–H groups in total. The highest BCUT2D eigenvalue weighted by Gasteiger charge is 2.51. The molecule has 6 atom stereocenters. The smallest absolute Gasteiger partial charge is 0.370 e. The number of thiophene rings is 1. The van der Waals surface area contributed by atoms with Gasteiger partial charge in [0, 0.05) is 72.9 Å². The Hall–Kier alpha value is -6.64. The molecule has 25 heteroatoms. The van der Waals surface area contributed by atoms with Crippen molar-refractivity contribution in [2.75, 3.05) is 33.2 Å². The zero-order chi connectivity index (χ0) is 58.6. The number of carbonyl (C=O) groups is 9. The lowest BCUT2D eigenvalue weighted by atomic mass is 9.84. The summed E-state index contributed by atoms with van der Waals surface area (Å²) in [7, 11) is -4.08. The van der Waals surface area contributed by atoms with Crippen molar-refractivity contribution in [1.82, 2.24) is 40.9 Å². The number of primary amides is 1. The van der Waals surface area contributed by atoms with Gasteiger partial charge in [-0.1, -0.05) is 56.1 Å². The molecule has 3 unspecified atom stereocenters. The number of halogens is 2. The van der Waals surface area contributed by atoms with Crippen LogP contribution in [0.4, 0.5) is 8.78 Å². The molecule has 21 nitrogen and oxygen atoms in total. The second-order valence-electron chi connectivity index (χ2n) is 22.7. The van der Waals surface area contributed by atoms with Gasteiger partial charge in [0.25, 0.3) is 11.8 Å². The zero-order valence-corrected chi connectivity index (χ0v) is 47.4. The Balaban J connectivity index is 0.829. The fourth-order valence-corrected chi connectivity index (χ4v) is 13.9. The third kappa shape index (κ3) is 13.6. The minimum Gasteiger partial charge on any atom is -0.370 e. The van der Waals surface area contributed by atoms with Crippen molar-refractivity contribution in [2.45, 2.75) is 158 Å². The third-order valence-corrected chi connectivity index (χ3v) is 19.2. The van der Waals surface area contributed by atoms with E-state index in [0.29, 0.717) is 74.0 Å². The second kappa shape index (κ2) is 25.5. The Kier molecular flexibility index (Phi) is 18.6. The van der Waals surface area contributed by atoms with Crippen molar-refractivity contribution in [3.8, 4) is 11.8 Å². The fraction of sp³-hybridized carbons (Fsp3) is 0.561. The monoisotopic (exact) mass is 1170 g/mol. The first kappa shape index (κ1) is 60.0. The summed E-state index contributed by atoms with van der Waals surface area (Å²) < 4.78 is 41.1. The number of carbonyl (C=O) groups excluding carboxylic acids is 9. The minimum atomic E-state index is -5.86. The molecule has 4 saturated heterocycles. The molecule has 82 heavy (non-hydrogen) atoms. The quantitative estimate of drug-likeness (QED) is 0.0573. The fourth-order valence-electron chi connectivity index (χ4n) is 12.5. The summed E-state index contributed by atoms with van der Waals surface area (Å²) in [6.45, 7) is 1.69. The molecule has 9 amide bonds. The van der Waals surface area contributed by atoms with Gasteiger partial charge in [0.05, 0.1) is 4.88 Å². The van der Waals surface area contributed by atoms with Crippen molar-refractivity contribution in [3.05, 3.63) is 69.6 Å². The van der Waals surface area contributed by atoms with E-state index in [4.69, 9.17) is 5.73 Å². The van der Waals surface area contributed by atoms with Crippen LogP contribution in [0.25, 0.3) is 10.1 Å². The standard InChI is InChI=1S/C57H70F2N9O12PS/c1-65-25-24-38-15-17-45(68(38)56(77)43(32-65)63-53(74)47-30-36-29-37(14-19-46(36)82-47)57(58,59)81(78,79)80)52(73)61-41(16-20-48(60)69)50(71)62-42(28-34-9-3-2-4-10-34)55(76)66-26-22-33(23-27-66)8-5-6-11-35-12-7-13-39-40(35)31-67(54(39)75)44-18-21-49(70)64-51(44)72/h7,12-14,19,29-30,33-34,38,41-45H,2-5,8-10,15-18,20-28,31-32H2,1H3,(H2,60,69)(H,61,73)(H,62,71)(H,63,74)(H,64,70,72)(H2,78,79,80)/t38-,41?,42?,43+,44?,45+/m1/s1. The predicted octanol–water partition coefficient (Wildman–Crippen LogP) is 3.96. The van der Waals surface area contributed by atoms with Crippen LogP contribution in [0, 0.1) is 23.7 Å². The summed E-state index contributed by atoms with van der Waals surface area (Å²) in [6.07, 6.45) is 9.15. The van der Waals surface area contributed by atoms with E-state index in [1.165, 1.54) is 21.9 Å². The summed E-state index contributed by atoms with van der Waals surface area (Å²) in [4.78, 5) is 147. The van der Waals surface area contributed by atoms with Crippen molar-refractivity contribution < 1.29 is 66.3 Å². The second-order valence-corrected chi connectivity index (χ2v) is 25.5. The molecule has 5 fully saturated rings. The molecule has 5 aliphatic heterocycles. The van der Waals surface area contributed by atoms with E-state index >= 15 is 0 Å². The van der Waals surface area contributed by atoms with Crippen LogP contribution in [0.3, 0.4) is 0 Å². The van der Waals surface area contributed by atoms with Gasteiger partial charge < -0.3 is 51.1 Å². The number of hydrogen-bond donors (Lipinski definition) is 7. The van der Waals surface area contributed by atoms with Gasteiger partial charge >= 0.3 is 13.3 Å². The normalized spacial score (nSPS) is 23.0. The Bertz CT molecular complexity index is 3130. The van der Waals surface area contributed by atoms with E-state index in [9.17, 15) is 66.3 Å². The molecular weight excluding hydrogens is 1100 g/mol. The van der Waals surface area contributed by atoms with Crippen LogP contribution >= 0.6 is 18.9 Å². The molecule has 440 valence electrons. The number of piperidine rings is 2. The highest BCUT2D eigenvalue weighted by atomic mass is 32.1. The van der Waals surface area contributed by atoms with E-state index in [0.717, 1.165) is 67.6 Å². The SMILES string of the molecule is CN1CC[C@H]2CC[C@@H](C(=O)NC(CCC(N)=O)C(=O)NC(CC3CCCCC3)C(=O)N3CCC(CCC#Cc4cccc5c4CN(C4CCC(=O)NC4=O)C5=O)CC3)N2C(=O)[C@@H](NC(=O)c2cc3cc(C(F)(F)P(=O)(O)O)ccc3s2)C1. The predicted molar refractivity (Wildman–Crippen MR) is 296 cm³/mol. The average Bonchev–Trinajstić information content (AvgIpc) is 4.34. The summed E-state index contributed by atoms with van der Waals surface area (Å²) in [5.41, 5.74) is 2.14. The van der Waals surface area contributed by atoms with Gasteiger partial charge in [0.1, 0.15) is 30.2 Å². The number of nitrogens with one attached hydrogen (secondary N) is 4. The lowest BCUT2D eigenvalue weighted by molar-refractivity contribution is -0.144. The van der Waals surface area contributed by atoms with Gasteiger partial charge in [-0.15, -0.1) is 11.3 Å². The summed E-state index contributed by atoms with van der Waals surface area (Å²) >= 11 is 0.932. The topological polar surface area (TPSA) is 298 Å². The van der Waals surface area contributed by atoms with Crippen LogP contribution < -0.4 is 27.0 Å². The van der Waals surface area contributed by atoms with E-state index in [2.05, 4.69) is 33.1 Å². The van der Waals surface area contributed by atoms with E-state index < -0.39 is 90.5 Å². The molecule has 1 saturated carbocycles. The number of benzene rings is 2. The average molecular weight is 1170 g/mol. The first-order chi connectivity index (χ1) is 39.1. The number of likely N-dealkylation sites (tertiary alicyclic amines) is 1. The lowest BCUT2D eigenvalue weighted by Gasteiger charge is -2.38. The molecule has 1 aromatic heterocycles. The van der Waals surface area contributed by atoms with Crippen LogP contribution in [0.15, 0.2) is 42.5 Å². The highest BCUT2D eigenvalue weighted by Crippen LogP contribution is 2.59. The van der Waals surface area contributed by atoms with Crippen LogP contribution in [-0.4, -0.2) is 152 Å². The van der Waals surface area contributed by atoms with Crippen LogP contribution in [-0.2, 0) is 50.3 Å². The molecule has 1 aliphatic carbocycles. The largest absolute Gasteiger partial charge is 0.399 e. The van der Waals surface area contributed by atoms with Gasteiger partial charge in [-0.05, 0) is 124 Å². The number of likely N-dealkylation sites (N-methyl/N-ethyl adjacent to an activating group) is 1. The number of nitrogens with zero attached hydrogens (tertiary/aromatic N) is 4. The molecule has 6 heterocycles. The van der Waals surface area contributed by atoms with Crippen molar-refractivity contribution in [1.29, 1.82) is 0 Å². The number of rotatable bonds is 17. The number of hydrogen-bond acceptors (Lipinski definition) is 12. The van der Waals surface area contributed by atoms with E-state index in [1.807, 2.05) is 11.0 Å². The maximum absolute atomic E-state index is 14.6. The summed E-state index contributed by atoms with van der Waals surface area (Å²) in [5.74, 6) is 2.31. The van der Waals surface area contributed by atoms with Crippen LogP contribution in [0.5, 0.6) is 0 Å². The first-order valence-electron chi connectivity index (χ1n) is 28.3. The zero-order valence-electron chi connectivity index (χ0n) is 45.7. The first-order valence-corrected chi connectivity index (χ1v) is 30.7. The van der Waals surface area contributed by atoms with Gasteiger partial charge in [-0.3, -0.25) is 53.0 Å². The number of amides is 9. The van der Waals surface area contributed by atoms with Crippen LogP contribution in [0.2, 0.25) is 0 Å². The van der Waals surface area contributed by atoms with Gasteiger partial charge in [-0.25, -0.2) is 0 Å². The van der Waals surface area contributed by atoms with Crippen LogP contribution in [0.1, 0.15) is 146 Å². The van der Waals surface area contributed by atoms with Crippen molar-refractivity contribution in [3.63, 3.8) is 0 Å². The van der Waals surface area contributed by atoms with E-state index in [1.54, 1.807) is 24.1 Å². The maximum Gasteiger partial charge on any atom is 0.399 e. The molecule has 9 rings (SSSR count). The van der Waals surface area contributed by atoms with E-state index in [-0.39, 0.29) is 85.0 Å². The number of alkyl halides is 2. The molecule has 0 bridgehead atoms. The molecule has 0 spiro atoms. The molecular formula is C57H70F2N9O12PS. The molecule has 2 aromatic carbocycles. The maximum atomic E-state index is 14.6. The number of fused-ring (bicyclic) bond motifs is 3. The summed E-state index contributed by atoms with van der Waals surface area (Å²) in [5, 5.41) is 11.0. The summed E-state index contributed by atoms with van der Waals surface area (Å²) in [6, 6.07) is 4.03. The Morgan fingerprint density at radius 1 is 0.902 bits per heavy atom. The van der Waals surface area contributed by atoms with Gasteiger partial charge in [0.15, 0.2) is 0 Å². The van der Waals surface area contributed by atoms with Crippen molar-refractivity contribution >= 4 is 82.2 Å². The lowest BCUT2D eigenvalue weighted by Crippen LogP contribution is -2.61.